The van der Waals surface area contributed by atoms with Crippen molar-refractivity contribution in [2.45, 2.75) is 0 Å². The first-order valence-corrected chi connectivity index (χ1v) is 8.69. The molecule has 0 aliphatic heterocycles. The van der Waals surface area contributed by atoms with Crippen LogP contribution in [0.25, 0.3) is 43.8 Å². The molecule has 0 saturated heterocycles. The summed E-state index contributed by atoms with van der Waals surface area (Å²) in [7, 11) is 0. The normalized spacial score (nSPS) is 11.5. The van der Waals surface area contributed by atoms with Gasteiger partial charge in [-0.15, -0.1) is 0 Å². The summed E-state index contributed by atoms with van der Waals surface area (Å²) in [6.07, 6.45) is 0. The maximum absolute atomic E-state index is 6.14. The molecule has 0 fully saturated rings. The lowest BCUT2D eigenvalue weighted by atomic mass is 10.0. The first kappa shape index (κ1) is 13.8. The highest BCUT2D eigenvalue weighted by Gasteiger charge is 2.11. The molecule has 0 aliphatic carbocycles. The van der Waals surface area contributed by atoms with Gasteiger partial charge in [-0.1, -0.05) is 64.5 Å². The molecule has 2 heteroatoms. The molecule has 0 spiro atoms. The maximum Gasteiger partial charge on any atom is 0.136 e. The van der Waals surface area contributed by atoms with Crippen molar-refractivity contribution in [3.63, 3.8) is 0 Å². The molecule has 0 radical (unpaired) electrons. The molecule has 1 nitrogen and oxygen atoms in total. The minimum absolute atomic E-state index is 0.929. The number of furan rings is 1. The lowest BCUT2D eigenvalue weighted by Crippen LogP contribution is -1.78. The van der Waals surface area contributed by atoms with Crippen LogP contribution in [0.3, 0.4) is 0 Å². The second-order valence-electron chi connectivity index (χ2n) is 5.98. The summed E-state index contributed by atoms with van der Waals surface area (Å²) in [6, 6.07) is 27.4. The smallest absolute Gasteiger partial charge is 0.136 e. The molecule has 24 heavy (non-hydrogen) atoms. The first-order valence-electron chi connectivity index (χ1n) is 7.89. The summed E-state index contributed by atoms with van der Waals surface area (Å²) in [5.74, 6) is 0. The Kier molecular flexibility index (Phi) is 3.00. The number of fused-ring (bicyclic) bond motifs is 5. The Bertz CT molecular complexity index is 1220. The zero-order valence-electron chi connectivity index (χ0n) is 12.8. The van der Waals surface area contributed by atoms with Crippen molar-refractivity contribution < 1.29 is 4.42 Å². The maximum atomic E-state index is 6.14. The number of rotatable bonds is 1. The summed E-state index contributed by atoms with van der Waals surface area (Å²) in [5, 5.41) is 4.84. The summed E-state index contributed by atoms with van der Waals surface area (Å²) in [6.45, 7) is 0. The fourth-order valence-corrected chi connectivity index (χ4v) is 3.79. The van der Waals surface area contributed by atoms with E-state index >= 15 is 0 Å². The third-order valence-electron chi connectivity index (χ3n) is 4.52. The highest BCUT2D eigenvalue weighted by molar-refractivity contribution is 9.10. The molecule has 5 aromatic rings. The number of benzene rings is 4. The van der Waals surface area contributed by atoms with Crippen molar-refractivity contribution in [2.24, 2.45) is 0 Å². The van der Waals surface area contributed by atoms with Gasteiger partial charge < -0.3 is 4.42 Å². The van der Waals surface area contributed by atoms with E-state index in [0.29, 0.717) is 0 Å². The Morgan fingerprint density at radius 3 is 2.42 bits per heavy atom. The van der Waals surface area contributed by atoms with Crippen LogP contribution in [-0.2, 0) is 0 Å². The van der Waals surface area contributed by atoms with E-state index in [0.717, 1.165) is 21.2 Å². The van der Waals surface area contributed by atoms with Gasteiger partial charge in [-0.2, -0.15) is 0 Å². The molecule has 0 amide bonds. The second-order valence-corrected chi connectivity index (χ2v) is 6.90. The van der Waals surface area contributed by atoms with Crippen LogP contribution in [0.15, 0.2) is 87.8 Å². The lowest BCUT2D eigenvalue weighted by molar-refractivity contribution is 0.669. The molecule has 0 atom stereocenters. The molecular weight excluding hydrogens is 360 g/mol. The van der Waals surface area contributed by atoms with Gasteiger partial charge in [-0.3, -0.25) is 0 Å². The highest BCUT2D eigenvalue weighted by Crippen LogP contribution is 2.36. The number of hydrogen-bond acceptors (Lipinski definition) is 1. The third-order valence-corrected chi connectivity index (χ3v) is 5.01. The minimum Gasteiger partial charge on any atom is -0.456 e. The van der Waals surface area contributed by atoms with Crippen LogP contribution in [0.1, 0.15) is 0 Å². The van der Waals surface area contributed by atoms with Gasteiger partial charge in [0.2, 0.25) is 0 Å². The molecule has 114 valence electrons. The quantitative estimate of drug-likeness (QED) is 0.304. The largest absolute Gasteiger partial charge is 0.456 e. The van der Waals surface area contributed by atoms with E-state index in [4.69, 9.17) is 4.42 Å². The Balaban J connectivity index is 1.82. The lowest BCUT2D eigenvalue weighted by Gasteiger charge is -2.02. The predicted molar refractivity (Wildman–Crippen MR) is 104 cm³/mol. The van der Waals surface area contributed by atoms with Crippen molar-refractivity contribution in [1.29, 1.82) is 0 Å². The van der Waals surface area contributed by atoms with E-state index in [1.807, 2.05) is 6.07 Å². The molecule has 0 N–H and O–H groups in total. The molecule has 0 aliphatic rings. The summed E-state index contributed by atoms with van der Waals surface area (Å²) >= 11 is 3.54. The first-order chi connectivity index (χ1) is 11.8. The topological polar surface area (TPSA) is 13.1 Å². The van der Waals surface area contributed by atoms with Crippen molar-refractivity contribution >= 4 is 48.6 Å². The van der Waals surface area contributed by atoms with Crippen LogP contribution in [0, 0.1) is 0 Å². The van der Waals surface area contributed by atoms with Crippen LogP contribution in [0.5, 0.6) is 0 Å². The van der Waals surface area contributed by atoms with Crippen LogP contribution in [0.2, 0.25) is 0 Å². The molecule has 5 rings (SSSR count). The number of hydrogen-bond donors (Lipinski definition) is 0. The Labute approximate surface area is 147 Å². The fraction of sp³-hybridized carbons (Fsp3) is 0. The van der Waals surface area contributed by atoms with E-state index in [-0.39, 0.29) is 0 Å². The van der Waals surface area contributed by atoms with Crippen molar-refractivity contribution in [1.82, 2.24) is 0 Å². The van der Waals surface area contributed by atoms with Gasteiger partial charge in [0.1, 0.15) is 11.2 Å². The fourth-order valence-electron chi connectivity index (χ4n) is 3.39. The minimum atomic E-state index is 0.929. The molecule has 1 aromatic heterocycles. The van der Waals surface area contributed by atoms with E-state index in [1.54, 1.807) is 0 Å². The third kappa shape index (κ3) is 2.07. The molecule has 1 heterocycles. The van der Waals surface area contributed by atoms with E-state index in [2.05, 4.69) is 88.7 Å². The standard InChI is InChI=1S/C22H13BrO/c23-17-6-3-5-15(12-17)16-8-10-19-21(13-16)24-20-11-9-14-4-1-2-7-18(14)22(19)20/h1-13H. The van der Waals surface area contributed by atoms with Crippen molar-refractivity contribution in [3.05, 3.63) is 83.3 Å². The van der Waals surface area contributed by atoms with E-state index in [1.165, 1.54) is 27.1 Å². The average molecular weight is 373 g/mol. The molecule has 4 aromatic carbocycles. The van der Waals surface area contributed by atoms with Gasteiger partial charge in [0.25, 0.3) is 0 Å². The van der Waals surface area contributed by atoms with Gasteiger partial charge in [0.05, 0.1) is 0 Å². The Hall–Kier alpha value is -2.58. The van der Waals surface area contributed by atoms with Crippen LogP contribution < -0.4 is 0 Å². The summed E-state index contributed by atoms with van der Waals surface area (Å²) in [5.41, 5.74) is 4.21. The highest BCUT2D eigenvalue weighted by atomic mass is 79.9. The summed E-state index contributed by atoms with van der Waals surface area (Å²) < 4.78 is 7.22. The average Bonchev–Trinajstić information content (AvgIpc) is 3.00. The van der Waals surface area contributed by atoms with E-state index in [9.17, 15) is 0 Å². The van der Waals surface area contributed by atoms with Crippen molar-refractivity contribution in [3.8, 4) is 11.1 Å². The van der Waals surface area contributed by atoms with E-state index < -0.39 is 0 Å². The second kappa shape index (κ2) is 5.22. The van der Waals surface area contributed by atoms with Gasteiger partial charge in [-0.25, -0.2) is 0 Å². The zero-order chi connectivity index (χ0) is 16.1. The van der Waals surface area contributed by atoms with Gasteiger partial charge >= 0.3 is 0 Å². The Morgan fingerprint density at radius 1 is 0.625 bits per heavy atom. The zero-order valence-corrected chi connectivity index (χ0v) is 14.4. The van der Waals surface area contributed by atoms with Crippen LogP contribution in [-0.4, -0.2) is 0 Å². The van der Waals surface area contributed by atoms with Crippen LogP contribution >= 0.6 is 15.9 Å². The molecule has 0 unspecified atom stereocenters. The SMILES string of the molecule is Brc1cccc(-c2ccc3c(c2)oc2ccc4ccccc4c23)c1. The Morgan fingerprint density at radius 2 is 1.50 bits per heavy atom. The number of halogens is 1. The van der Waals surface area contributed by atoms with Gasteiger partial charge in [-0.05, 0) is 52.2 Å². The molecule has 0 saturated carbocycles. The summed E-state index contributed by atoms with van der Waals surface area (Å²) in [4.78, 5) is 0. The molecular formula is C22H13BrO. The van der Waals surface area contributed by atoms with Crippen LogP contribution in [0.4, 0.5) is 0 Å². The monoisotopic (exact) mass is 372 g/mol. The van der Waals surface area contributed by atoms with Gasteiger partial charge in [0.15, 0.2) is 0 Å². The van der Waals surface area contributed by atoms with Gasteiger partial charge in [0, 0.05) is 15.2 Å². The van der Waals surface area contributed by atoms with Crippen molar-refractivity contribution in [2.75, 3.05) is 0 Å². The molecule has 0 bridgehead atoms. The predicted octanol–water partition coefficient (Wildman–Crippen LogP) is 7.17.